The van der Waals surface area contributed by atoms with Crippen LogP contribution in [0.5, 0.6) is 11.6 Å². The van der Waals surface area contributed by atoms with E-state index in [0.717, 1.165) is 5.75 Å². The predicted molar refractivity (Wildman–Crippen MR) is 78.5 cm³/mol. The fourth-order valence-corrected chi connectivity index (χ4v) is 1.91. The van der Waals surface area contributed by atoms with Gasteiger partial charge >= 0.3 is 0 Å². The number of nitrogens with zero attached hydrogens (tertiary/aromatic N) is 2. The third-order valence-corrected chi connectivity index (χ3v) is 3.01. The minimum absolute atomic E-state index is 0.248. The average Bonchev–Trinajstić information content (AvgIpc) is 2.44. The molecule has 0 aliphatic heterocycles. The Morgan fingerprint density at radius 2 is 2.00 bits per heavy atom. The van der Waals surface area contributed by atoms with Crippen LogP contribution in [-0.4, -0.2) is 17.1 Å². The lowest BCUT2D eigenvalue weighted by Gasteiger charge is -2.10. The van der Waals surface area contributed by atoms with Gasteiger partial charge in [-0.15, -0.1) is 0 Å². The molecule has 0 bridgehead atoms. The lowest BCUT2D eigenvalue weighted by molar-refractivity contribution is 0.291. The Morgan fingerprint density at radius 3 is 2.70 bits per heavy atom. The Kier molecular flexibility index (Phi) is 4.79. The average molecular weight is 293 g/mol. The summed E-state index contributed by atoms with van der Waals surface area (Å²) in [6.07, 6.45) is 0. The van der Waals surface area contributed by atoms with Crippen LogP contribution < -0.4 is 9.47 Å². The number of hydrogen-bond acceptors (Lipinski definition) is 4. The van der Waals surface area contributed by atoms with Crippen LogP contribution in [-0.2, 0) is 6.61 Å². The summed E-state index contributed by atoms with van der Waals surface area (Å²) in [6.45, 7) is 4.53. The van der Waals surface area contributed by atoms with Crippen molar-refractivity contribution >= 4 is 11.6 Å². The van der Waals surface area contributed by atoms with E-state index in [2.05, 4.69) is 29.9 Å². The highest BCUT2D eigenvalue weighted by Crippen LogP contribution is 2.21. The molecule has 2 rings (SSSR count). The van der Waals surface area contributed by atoms with Crippen LogP contribution in [0, 0.1) is 0 Å². The zero-order valence-electron chi connectivity index (χ0n) is 11.8. The van der Waals surface area contributed by atoms with Crippen molar-refractivity contribution in [2.75, 3.05) is 7.11 Å². The first-order valence-corrected chi connectivity index (χ1v) is 6.76. The minimum atomic E-state index is 0.248. The molecule has 1 aromatic carbocycles. The molecular weight excluding hydrogens is 276 g/mol. The quantitative estimate of drug-likeness (QED) is 0.785. The molecule has 1 aromatic heterocycles. The van der Waals surface area contributed by atoms with Gasteiger partial charge in [0.2, 0.25) is 5.88 Å². The summed E-state index contributed by atoms with van der Waals surface area (Å²) in [5.74, 6) is 2.17. The molecule has 5 heteroatoms. The summed E-state index contributed by atoms with van der Waals surface area (Å²) < 4.78 is 10.7. The van der Waals surface area contributed by atoms with E-state index in [1.165, 1.54) is 12.7 Å². The SMILES string of the molecule is COc1cc(Cl)nc(COc2cccc(C(C)C)c2)n1. The third kappa shape index (κ3) is 3.84. The van der Waals surface area contributed by atoms with Crippen molar-refractivity contribution in [1.82, 2.24) is 9.97 Å². The molecule has 1 heterocycles. The molecule has 2 aromatic rings. The zero-order chi connectivity index (χ0) is 14.5. The Labute approximate surface area is 123 Å². The van der Waals surface area contributed by atoms with Crippen molar-refractivity contribution in [3.05, 3.63) is 46.9 Å². The van der Waals surface area contributed by atoms with E-state index >= 15 is 0 Å². The molecule has 0 spiro atoms. The van der Waals surface area contributed by atoms with Gasteiger partial charge in [0.15, 0.2) is 5.82 Å². The van der Waals surface area contributed by atoms with Gasteiger partial charge in [0.1, 0.15) is 17.5 Å². The molecule has 0 atom stereocenters. The molecule has 4 nitrogen and oxygen atoms in total. The van der Waals surface area contributed by atoms with E-state index in [1.54, 1.807) is 6.07 Å². The molecule has 0 radical (unpaired) electrons. The Balaban J connectivity index is 2.08. The van der Waals surface area contributed by atoms with Gasteiger partial charge in [-0.3, -0.25) is 0 Å². The van der Waals surface area contributed by atoms with Crippen molar-refractivity contribution in [3.8, 4) is 11.6 Å². The van der Waals surface area contributed by atoms with Crippen LogP contribution in [0.1, 0.15) is 31.2 Å². The first kappa shape index (κ1) is 14.6. The number of hydrogen-bond donors (Lipinski definition) is 0. The van der Waals surface area contributed by atoms with Gasteiger partial charge in [-0.05, 0) is 23.6 Å². The van der Waals surface area contributed by atoms with E-state index in [-0.39, 0.29) is 6.61 Å². The van der Waals surface area contributed by atoms with Gasteiger partial charge in [0.25, 0.3) is 0 Å². The van der Waals surface area contributed by atoms with Crippen LogP contribution in [0.15, 0.2) is 30.3 Å². The number of methoxy groups -OCH3 is 1. The van der Waals surface area contributed by atoms with Crippen LogP contribution in [0.25, 0.3) is 0 Å². The zero-order valence-corrected chi connectivity index (χ0v) is 12.5. The molecule has 0 saturated carbocycles. The molecule has 0 unspecified atom stereocenters. The highest BCUT2D eigenvalue weighted by molar-refractivity contribution is 6.29. The van der Waals surface area contributed by atoms with Gasteiger partial charge in [0.05, 0.1) is 7.11 Å². The second kappa shape index (κ2) is 6.57. The third-order valence-electron chi connectivity index (χ3n) is 2.82. The van der Waals surface area contributed by atoms with Crippen LogP contribution >= 0.6 is 11.6 Å². The van der Waals surface area contributed by atoms with E-state index in [1.807, 2.05) is 18.2 Å². The van der Waals surface area contributed by atoms with Crippen molar-refractivity contribution in [2.45, 2.75) is 26.4 Å². The molecule has 0 N–H and O–H groups in total. The van der Waals surface area contributed by atoms with E-state index < -0.39 is 0 Å². The first-order valence-electron chi connectivity index (χ1n) is 6.38. The second-order valence-corrected chi connectivity index (χ2v) is 5.05. The molecule has 20 heavy (non-hydrogen) atoms. The maximum Gasteiger partial charge on any atom is 0.217 e. The maximum absolute atomic E-state index is 5.89. The molecule has 0 saturated heterocycles. The lowest BCUT2D eigenvalue weighted by atomic mass is 10.0. The fourth-order valence-electron chi connectivity index (χ4n) is 1.72. The number of benzene rings is 1. The fraction of sp³-hybridized carbons (Fsp3) is 0.333. The van der Waals surface area contributed by atoms with Crippen LogP contribution in [0.3, 0.4) is 0 Å². The van der Waals surface area contributed by atoms with Gasteiger partial charge < -0.3 is 9.47 Å². The monoisotopic (exact) mass is 292 g/mol. The van der Waals surface area contributed by atoms with Crippen molar-refractivity contribution in [1.29, 1.82) is 0 Å². The molecular formula is C15H17ClN2O2. The van der Waals surface area contributed by atoms with Gasteiger partial charge in [-0.1, -0.05) is 37.6 Å². The van der Waals surface area contributed by atoms with Crippen LogP contribution in [0.4, 0.5) is 0 Å². The Morgan fingerprint density at radius 1 is 1.20 bits per heavy atom. The molecule has 0 aliphatic carbocycles. The van der Waals surface area contributed by atoms with Crippen molar-refractivity contribution in [3.63, 3.8) is 0 Å². The van der Waals surface area contributed by atoms with Gasteiger partial charge in [0, 0.05) is 6.07 Å². The van der Waals surface area contributed by atoms with Gasteiger partial charge in [-0.2, -0.15) is 4.98 Å². The number of halogens is 1. The molecule has 0 amide bonds. The maximum atomic E-state index is 5.89. The molecule has 106 valence electrons. The van der Waals surface area contributed by atoms with E-state index in [9.17, 15) is 0 Å². The number of ether oxygens (including phenoxy) is 2. The standard InChI is InChI=1S/C15H17ClN2O2/c1-10(2)11-5-4-6-12(7-11)20-9-14-17-13(16)8-15(18-14)19-3/h4-8,10H,9H2,1-3H3. The summed E-state index contributed by atoms with van der Waals surface area (Å²) in [6, 6.07) is 9.55. The summed E-state index contributed by atoms with van der Waals surface area (Å²) in [7, 11) is 1.54. The second-order valence-electron chi connectivity index (χ2n) is 4.67. The lowest BCUT2D eigenvalue weighted by Crippen LogP contribution is -2.03. The summed E-state index contributed by atoms with van der Waals surface area (Å²) in [5, 5.41) is 0.339. The van der Waals surface area contributed by atoms with Crippen molar-refractivity contribution in [2.24, 2.45) is 0 Å². The summed E-state index contributed by atoms with van der Waals surface area (Å²) >= 11 is 5.89. The number of aromatic nitrogens is 2. The highest BCUT2D eigenvalue weighted by Gasteiger charge is 2.06. The summed E-state index contributed by atoms with van der Waals surface area (Å²) in [4.78, 5) is 8.29. The number of rotatable bonds is 5. The first-order chi connectivity index (χ1) is 9.58. The smallest absolute Gasteiger partial charge is 0.217 e. The molecule has 0 aliphatic rings. The van der Waals surface area contributed by atoms with Gasteiger partial charge in [-0.25, -0.2) is 4.98 Å². The highest BCUT2D eigenvalue weighted by atomic mass is 35.5. The Hall–Kier alpha value is -1.81. The largest absolute Gasteiger partial charge is 0.486 e. The van der Waals surface area contributed by atoms with E-state index in [0.29, 0.717) is 22.8 Å². The van der Waals surface area contributed by atoms with Crippen molar-refractivity contribution < 1.29 is 9.47 Å². The predicted octanol–water partition coefficient (Wildman–Crippen LogP) is 3.84. The van der Waals surface area contributed by atoms with E-state index in [4.69, 9.17) is 21.1 Å². The van der Waals surface area contributed by atoms with Crippen LogP contribution in [0.2, 0.25) is 5.15 Å². The topological polar surface area (TPSA) is 44.2 Å². The minimum Gasteiger partial charge on any atom is -0.486 e. The normalized spacial score (nSPS) is 10.7. The summed E-state index contributed by atoms with van der Waals surface area (Å²) in [5.41, 5.74) is 1.23. The Bertz CT molecular complexity index is 588. The molecule has 0 fully saturated rings.